The second kappa shape index (κ2) is 122. The number of hydrogen-bond acceptors (Lipinski definition) is 43. The molecular weight excluding hydrogens is 1720 g/mol. The van der Waals surface area contributed by atoms with Crippen LogP contribution in [0.4, 0.5) is 0 Å². The molecule has 0 saturated heterocycles. The first-order valence-corrected chi connectivity index (χ1v) is 46.3. The van der Waals surface area contributed by atoms with Crippen LogP contribution in [0.1, 0.15) is 13.8 Å². The standard InChI is InChI=1S/C86H176N2O41/c1-85(87)83-128-81-79-126-77-75-124-73-71-122-69-67-120-65-63-118-61-59-116-57-55-114-53-51-112-49-47-110-45-43-108-41-39-106-37-35-104-33-31-102-29-27-100-25-23-98-21-19-96-17-15-94-13-11-92-9-7-90-5-3-89-4-6-91-8-10-93-12-14-95-16-18-97-20-22-99-24-26-101-28-30-103-32-34-105-36-38-107-40-42-109-44-46-111-48-50-113-52-54-115-56-58-117-60-62-119-64-66-121-68-70-123-72-74-125-76-78-127-80-82-129-84-86(2)88/h85-86H,3-84,87-88H2,1-2H3. The third-order valence-electron chi connectivity index (χ3n) is 15.6. The molecule has 0 amide bonds. The van der Waals surface area contributed by atoms with Gasteiger partial charge in [0.05, 0.1) is 542 Å². The van der Waals surface area contributed by atoms with Gasteiger partial charge in [0, 0.05) is 12.1 Å². The van der Waals surface area contributed by atoms with Crippen LogP contribution in [-0.2, 0) is 194 Å². The maximum Gasteiger partial charge on any atom is 0.0701 e. The van der Waals surface area contributed by atoms with Gasteiger partial charge in [0.2, 0.25) is 0 Å². The van der Waals surface area contributed by atoms with Gasteiger partial charge in [0.15, 0.2) is 0 Å². The van der Waals surface area contributed by atoms with Gasteiger partial charge < -0.3 is 206 Å². The quantitative estimate of drug-likeness (QED) is 0.0776. The fourth-order valence-electron chi connectivity index (χ4n) is 9.23. The first kappa shape index (κ1) is 127. The zero-order valence-corrected chi connectivity index (χ0v) is 79.0. The molecule has 0 fully saturated rings. The first-order valence-electron chi connectivity index (χ1n) is 46.3. The van der Waals surface area contributed by atoms with Crippen molar-refractivity contribution in [1.29, 1.82) is 0 Å². The SMILES string of the molecule is CC(N)COCCOCCOCCOCCOCCOCCOCCOCCOCCOCCOCCOCCOCCOCCOCCOCCOCCOCCOCCOCCOCCOCCOCCOCCOCCOCCOCCOCCOCCOCCOCCOCCOCCOCCOCCOCCOCCOCCOCCOCCOCC(C)N. The van der Waals surface area contributed by atoms with Gasteiger partial charge in [-0.25, -0.2) is 0 Å². The van der Waals surface area contributed by atoms with Crippen molar-refractivity contribution in [2.24, 2.45) is 11.5 Å². The molecule has 43 nitrogen and oxygen atoms in total. The van der Waals surface area contributed by atoms with Crippen molar-refractivity contribution in [2.75, 3.05) is 542 Å². The molecule has 0 aromatic carbocycles. The molecule has 129 heavy (non-hydrogen) atoms. The van der Waals surface area contributed by atoms with Gasteiger partial charge in [-0.15, -0.1) is 0 Å². The maximum atomic E-state index is 5.62. The molecule has 0 aliphatic rings. The molecule has 4 N–H and O–H groups in total. The summed E-state index contributed by atoms with van der Waals surface area (Å²) in [6, 6.07) is 0.0669. The number of nitrogens with two attached hydrogens (primary N) is 2. The summed E-state index contributed by atoms with van der Waals surface area (Å²) >= 11 is 0. The minimum absolute atomic E-state index is 0.0335. The highest BCUT2D eigenvalue weighted by molar-refractivity contribution is 4.51. The molecule has 0 saturated carbocycles. The van der Waals surface area contributed by atoms with Crippen molar-refractivity contribution < 1.29 is 194 Å². The fourth-order valence-corrected chi connectivity index (χ4v) is 9.23. The summed E-state index contributed by atoms with van der Waals surface area (Å²) < 4.78 is 226. The molecule has 776 valence electrons. The first-order chi connectivity index (χ1) is 64.1. The van der Waals surface area contributed by atoms with E-state index < -0.39 is 0 Å². The Balaban J connectivity index is 3.10. The minimum Gasteiger partial charge on any atom is -0.377 e. The van der Waals surface area contributed by atoms with Crippen LogP contribution in [0.5, 0.6) is 0 Å². The lowest BCUT2D eigenvalue weighted by molar-refractivity contribution is -0.0329. The second-order valence-electron chi connectivity index (χ2n) is 27.0. The van der Waals surface area contributed by atoms with Crippen LogP contribution in [0.3, 0.4) is 0 Å². The monoisotopic (exact) mass is 1890 g/mol. The van der Waals surface area contributed by atoms with Crippen LogP contribution in [0.25, 0.3) is 0 Å². The van der Waals surface area contributed by atoms with E-state index in [9.17, 15) is 0 Å². The lowest BCUT2D eigenvalue weighted by Crippen LogP contribution is -2.23. The van der Waals surface area contributed by atoms with E-state index in [4.69, 9.17) is 206 Å². The van der Waals surface area contributed by atoms with Gasteiger partial charge in [-0.05, 0) is 13.8 Å². The smallest absolute Gasteiger partial charge is 0.0701 e. The summed E-state index contributed by atoms with van der Waals surface area (Å²) in [5, 5.41) is 0. The summed E-state index contributed by atoms with van der Waals surface area (Å²) in [5.74, 6) is 0. The van der Waals surface area contributed by atoms with Crippen molar-refractivity contribution in [3.8, 4) is 0 Å². The number of rotatable bonds is 124. The van der Waals surface area contributed by atoms with E-state index in [1.165, 1.54) is 0 Å². The van der Waals surface area contributed by atoms with E-state index in [-0.39, 0.29) is 12.1 Å². The summed E-state index contributed by atoms with van der Waals surface area (Å²) in [4.78, 5) is 0. The van der Waals surface area contributed by atoms with Crippen LogP contribution in [0.2, 0.25) is 0 Å². The Bertz CT molecular complexity index is 1710. The molecule has 0 heterocycles. The van der Waals surface area contributed by atoms with Crippen molar-refractivity contribution in [2.45, 2.75) is 25.9 Å². The van der Waals surface area contributed by atoms with E-state index >= 15 is 0 Å². The highest BCUT2D eigenvalue weighted by atomic mass is 16.6. The van der Waals surface area contributed by atoms with Crippen molar-refractivity contribution >= 4 is 0 Å². The van der Waals surface area contributed by atoms with Crippen LogP contribution >= 0.6 is 0 Å². The van der Waals surface area contributed by atoms with E-state index in [2.05, 4.69) is 0 Å². The Hall–Kier alpha value is -1.72. The lowest BCUT2D eigenvalue weighted by atomic mass is 10.4. The van der Waals surface area contributed by atoms with Crippen molar-refractivity contribution in [1.82, 2.24) is 0 Å². The summed E-state index contributed by atoms with van der Waals surface area (Å²) in [6.07, 6.45) is 0. The zero-order chi connectivity index (χ0) is 92.1. The second-order valence-corrected chi connectivity index (χ2v) is 27.0. The fraction of sp³-hybridized carbons (Fsp3) is 1.00. The van der Waals surface area contributed by atoms with Gasteiger partial charge in [0.1, 0.15) is 0 Å². The molecule has 43 heteroatoms. The Morgan fingerprint density at radius 1 is 0.0853 bits per heavy atom. The summed E-state index contributed by atoms with van der Waals surface area (Å²) in [5.41, 5.74) is 11.2. The molecule has 0 spiro atoms. The molecule has 2 unspecified atom stereocenters. The normalized spacial score (nSPS) is 12.4. The van der Waals surface area contributed by atoms with Gasteiger partial charge in [0.25, 0.3) is 0 Å². The van der Waals surface area contributed by atoms with Gasteiger partial charge in [-0.2, -0.15) is 0 Å². The van der Waals surface area contributed by atoms with Crippen LogP contribution in [0.15, 0.2) is 0 Å². The Morgan fingerprint density at radius 3 is 0.163 bits per heavy atom. The maximum absolute atomic E-state index is 5.62. The average Bonchev–Trinajstić information content (AvgIpc) is 1.23. The summed E-state index contributed by atoms with van der Waals surface area (Å²) in [6.45, 7) is 43.7. The Labute approximate surface area is 770 Å². The molecule has 0 aromatic rings. The van der Waals surface area contributed by atoms with E-state index in [0.717, 1.165) is 0 Å². The lowest BCUT2D eigenvalue weighted by Gasteiger charge is -2.09. The third-order valence-corrected chi connectivity index (χ3v) is 15.6. The molecule has 2 atom stereocenters. The molecular formula is C86H176N2O41. The van der Waals surface area contributed by atoms with Crippen LogP contribution in [-0.4, -0.2) is 554 Å². The number of hydrogen-bond donors (Lipinski definition) is 2. The van der Waals surface area contributed by atoms with E-state index in [0.29, 0.717) is 542 Å². The van der Waals surface area contributed by atoms with Gasteiger partial charge in [-0.1, -0.05) is 0 Å². The highest BCUT2D eigenvalue weighted by Crippen LogP contribution is 1.97. The van der Waals surface area contributed by atoms with Crippen LogP contribution in [0, 0.1) is 0 Å². The molecule has 0 aromatic heterocycles. The third kappa shape index (κ3) is 126. The molecule has 0 rings (SSSR count). The average molecular weight is 1890 g/mol. The molecule has 0 aliphatic heterocycles. The zero-order valence-electron chi connectivity index (χ0n) is 79.0. The predicted molar refractivity (Wildman–Crippen MR) is 471 cm³/mol. The minimum atomic E-state index is 0.0335. The van der Waals surface area contributed by atoms with E-state index in [1.807, 2.05) is 13.8 Å². The molecule has 0 aliphatic carbocycles. The topological polar surface area (TPSA) is 430 Å². The van der Waals surface area contributed by atoms with E-state index in [1.54, 1.807) is 0 Å². The predicted octanol–water partition coefficient (Wildman–Crippen LogP) is 0.361. The highest BCUT2D eigenvalue weighted by Gasteiger charge is 2.06. The Morgan fingerprint density at radius 2 is 0.124 bits per heavy atom. The van der Waals surface area contributed by atoms with Crippen molar-refractivity contribution in [3.05, 3.63) is 0 Å². The molecule has 0 radical (unpaired) electrons. The summed E-state index contributed by atoms with van der Waals surface area (Å²) in [7, 11) is 0. The van der Waals surface area contributed by atoms with Gasteiger partial charge >= 0.3 is 0 Å². The number of ether oxygens (including phenoxy) is 41. The van der Waals surface area contributed by atoms with Gasteiger partial charge in [-0.3, -0.25) is 0 Å². The molecule has 0 bridgehead atoms. The van der Waals surface area contributed by atoms with Crippen LogP contribution < -0.4 is 11.5 Å². The van der Waals surface area contributed by atoms with Crippen molar-refractivity contribution in [3.63, 3.8) is 0 Å². The Kier molecular flexibility index (Phi) is 121. The largest absolute Gasteiger partial charge is 0.377 e.